The third-order valence-electron chi connectivity index (χ3n) is 2.19. The van der Waals surface area contributed by atoms with E-state index in [2.05, 4.69) is 14.8 Å². The van der Waals surface area contributed by atoms with Crippen molar-refractivity contribution >= 4 is 24.3 Å². The number of dihydropyridines is 1. The van der Waals surface area contributed by atoms with Gasteiger partial charge in [-0.15, -0.1) is 0 Å². The van der Waals surface area contributed by atoms with Gasteiger partial charge in [-0.1, -0.05) is 0 Å². The number of rotatable bonds is 2. The molecule has 0 aromatic heterocycles. The highest BCUT2D eigenvalue weighted by atomic mass is 16.5. The van der Waals surface area contributed by atoms with Crippen molar-refractivity contribution in [1.82, 2.24) is 5.01 Å². The quantitative estimate of drug-likeness (QED) is 0.576. The largest absolute Gasteiger partial charge is 0.468 e. The van der Waals surface area contributed by atoms with Gasteiger partial charge in [-0.3, -0.25) is 14.6 Å². The van der Waals surface area contributed by atoms with Crippen LogP contribution in [-0.2, 0) is 14.3 Å². The molecule has 2 rings (SSSR count). The van der Waals surface area contributed by atoms with Crippen LogP contribution in [0.25, 0.3) is 0 Å². The van der Waals surface area contributed by atoms with Crippen molar-refractivity contribution in [2.45, 2.75) is 0 Å². The van der Waals surface area contributed by atoms with Gasteiger partial charge in [0, 0.05) is 12.4 Å². The van der Waals surface area contributed by atoms with Crippen molar-refractivity contribution in [3.63, 3.8) is 0 Å². The Hall–Kier alpha value is -1.98. The molecule has 0 bridgehead atoms. The highest BCUT2D eigenvalue weighted by Gasteiger charge is 2.32. The predicted molar refractivity (Wildman–Crippen MR) is 52.3 cm³/mol. The minimum Gasteiger partial charge on any atom is -0.468 e. The van der Waals surface area contributed by atoms with Crippen LogP contribution in [0.2, 0.25) is 0 Å². The van der Waals surface area contributed by atoms with E-state index in [1.165, 1.54) is 24.5 Å². The van der Waals surface area contributed by atoms with Crippen molar-refractivity contribution in [3.05, 3.63) is 11.8 Å². The first-order valence-corrected chi connectivity index (χ1v) is 4.39. The number of esters is 1. The van der Waals surface area contributed by atoms with E-state index in [0.29, 0.717) is 5.70 Å². The molecule has 0 spiro atoms. The average Bonchev–Trinajstić information content (AvgIpc) is 2.63. The van der Waals surface area contributed by atoms with E-state index in [0.717, 1.165) is 0 Å². The first-order valence-electron chi connectivity index (χ1n) is 4.39. The van der Waals surface area contributed by atoms with E-state index in [9.17, 15) is 9.59 Å². The van der Waals surface area contributed by atoms with Gasteiger partial charge in [-0.05, 0) is 6.08 Å². The highest BCUT2D eigenvalue weighted by molar-refractivity contribution is 6.05. The molecule has 78 valence electrons. The molecule has 1 amide bonds. The Labute approximate surface area is 85.9 Å². The van der Waals surface area contributed by atoms with Gasteiger partial charge in [0.2, 0.25) is 0 Å². The molecule has 2 heterocycles. The maximum atomic E-state index is 11.3. The molecule has 6 heteroatoms. The van der Waals surface area contributed by atoms with Crippen LogP contribution >= 0.6 is 0 Å². The Morgan fingerprint density at radius 3 is 3.20 bits per heavy atom. The number of aliphatic imine (C=N–C) groups is 1. The number of ether oxygens (including phenoxy) is 1. The van der Waals surface area contributed by atoms with Crippen LogP contribution in [0.4, 0.5) is 0 Å². The summed E-state index contributed by atoms with van der Waals surface area (Å²) in [5.41, 5.74) is 0.667. The van der Waals surface area contributed by atoms with Gasteiger partial charge < -0.3 is 4.74 Å². The number of carbonyl (C=O) groups excluding carboxylic acids is 2. The number of hydrogen-bond acceptors (Lipinski definition) is 5. The number of fused-ring (bicyclic) bond motifs is 1. The molecular weight excluding hydrogens is 198 g/mol. The molecule has 2 aliphatic heterocycles. The summed E-state index contributed by atoms with van der Waals surface area (Å²) in [5.74, 6) is -1.10. The maximum Gasteiger partial charge on any atom is 0.327 e. The maximum absolute atomic E-state index is 11.3. The summed E-state index contributed by atoms with van der Waals surface area (Å²) in [6.45, 7) is 0.0104. The summed E-state index contributed by atoms with van der Waals surface area (Å²) in [7, 11) is 1.31. The molecule has 15 heavy (non-hydrogen) atoms. The summed E-state index contributed by atoms with van der Waals surface area (Å²) in [6.07, 6.45) is 4.56. The molecule has 0 fully saturated rings. The second kappa shape index (κ2) is 3.64. The van der Waals surface area contributed by atoms with Crippen molar-refractivity contribution < 1.29 is 14.3 Å². The number of hydrogen-bond donors (Lipinski definition) is 0. The van der Waals surface area contributed by atoms with Crippen LogP contribution in [0.5, 0.6) is 0 Å². The molecule has 1 atom stereocenters. The first kappa shape index (κ1) is 9.57. The van der Waals surface area contributed by atoms with E-state index in [1.807, 2.05) is 0 Å². The lowest BCUT2D eigenvalue weighted by Gasteiger charge is -2.18. The van der Waals surface area contributed by atoms with Crippen LogP contribution in [0, 0.1) is 5.92 Å². The Bertz CT molecular complexity index is 397. The Morgan fingerprint density at radius 1 is 1.67 bits per heavy atom. The van der Waals surface area contributed by atoms with Crippen LogP contribution in [-0.4, -0.2) is 43.0 Å². The van der Waals surface area contributed by atoms with Gasteiger partial charge in [0.15, 0.2) is 0 Å². The number of methoxy groups -OCH3 is 1. The molecule has 6 nitrogen and oxygen atoms in total. The van der Waals surface area contributed by atoms with Crippen LogP contribution in [0.3, 0.4) is 0 Å². The molecule has 0 saturated heterocycles. The SMILES string of the molecule is COC(=O)CN1N=CC2C(=O)N=CC=C21. The first-order chi connectivity index (χ1) is 7.22. The van der Waals surface area contributed by atoms with Gasteiger partial charge in [0.05, 0.1) is 12.8 Å². The highest BCUT2D eigenvalue weighted by Crippen LogP contribution is 2.24. The minimum absolute atomic E-state index is 0.0104. The fourth-order valence-corrected chi connectivity index (χ4v) is 1.42. The van der Waals surface area contributed by atoms with Crippen molar-refractivity contribution in [2.75, 3.05) is 13.7 Å². The zero-order valence-electron chi connectivity index (χ0n) is 8.08. The fraction of sp³-hybridized carbons (Fsp3) is 0.333. The topological polar surface area (TPSA) is 71.3 Å². The number of carbonyl (C=O) groups is 2. The molecule has 0 aromatic rings. The van der Waals surface area contributed by atoms with Gasteiger partial charge in [0.25, 0.3) is 5.91 Å². The van der Waals surface area contributed by atoms with Gasteiger partial charge >= 0.3 is 5.97 Å². The standard InChI is InChI=1S/C9H9N3O3/c1-15-8(13)5-12-7-2-3-10-9(14)6(7)4-11-12/h2-4,6H,5H2,1H3. The smallest absolute Gasteiger partial charge is 0.327 e. The number of nitrogens with zero attached hydrogens (tertiary/aromatic N) is 3. The van der Waals surface area contributed by atoms with E-state index in [1.54, 1.807) is 6.08 Å². The van der Waals surface area contributed by atoms with Crippen LogP contribution in [0.1, 0.15) is 0 Å². The predicted octanol–water partition coefficient (Wildman–Crippen LogP) is -0.428. The van der Waals surface area contributed by atoms with Gasteiger partial charge in [-0.25, -0.2) is 4.99 Å². The van der Waals surface area contributed by atoms with Gasteiger partial charge in [0.1, 0.15) is 12.5 Å². The third kappa shape index (κ3) is 1.65. The van der Waals surface area contributed by atoms with E-state index in [-0.39, 0.29) is 12.5 Å². The third-order valence-corrected chi connectivity index (χ3v) is 2.19. The normalized spacial score (nSPS) is 22.7. The summed E-state index contributed by atoms with van der Waals surface area (Å²) in [6, 6.07) is 0. The molecular formula is C9H9N3O3. The number of amides is 1. The minimum atomic E-state index is -0.445. The Morgan fingerprint density at radius 2 is 2.47 bits per heavy atom. The number of allylic oxidation sites excluding steroid dienone is 1. The second-order valence-corrected chi connectivity index (χ2v) is 3.08. The molecule has 0 saturated carbocycles. The zero-order valence-corrected chi connectivity index (χ0v) is 8.08. The Balaban J connectivity index is 2.14. The summed E-state index contributed by atoms with van der Waals surface area (Å²) in [5, 5.41) is 5.40. The summed E-state index contributed by atoms with van der Waals surface area (Å²) >= 11 is 0. The summed E-state index contributed by atoms with van der Waals surface area (Å²) in [4.78, 5) is 26.0. The van der Waals surface area contributed by atoms with E-state index < -0.39 is 11.9 Å². The molecule has 1 unspecified atom stereocenters. The lowest BCUT2D eigenvalue weighted by molar-refractivity contribution is -0.141. The Kier molecular flexibility index (Phi) is 2.32. The van der Waals surface area contributed by atoms with Crippen molar-refractivity contribution in [1.29, 1.82) is 0 Å². The van der Waals surface area contributed by atoms with Crippen molar-refractivity contribution in [3.8, 4) is 0 Å². The zero-order chi connectivity index (χ0) is 10.8. The molecule has 2 aliphatic rings. The van der Waals surface area contributed by atoms with Crippen LogP contribution in [0.15, 0.2) is 21.9 Å². The monoisotopic (exact) mass is 207 g/mol. The number of hydrazone groups is 1. The molecule has 0 radical (unpaired) electrons. The van der Waals surface area contributed by atoms with Crippen LogP contribution < -0.4 is 0 Å². The van der Waals surface area contributed by atoms with Crippen molar-refractivity contribution in [2.24, 2.45) is 16.0 Å². The molecule has 0 N–H and O–H groups in total. The molecule has 0 aliphatic carbocycles. The summed E-state index contributed by atoms with van der Waals surface area (Å²) < 4.78 is 4.52. The fourth-order valence-electron chi connectivity index (χ4n) is 1.42. The lowest BCUT2D eigenvalue weighted by atomic mass is 10.1. The van der Waals surface area contributed by atoms with Gasteiger partial charge in [-0.2, -0.15) is 5.10 Å². The average molecular weight is 207 g/mol. The molecule has 0 aromatic carbocycles. The second-order valence-electron chi connectivity index (χ2n) is 3.08. The lowest BCUT2D eigenvalue weighted by Crippen LogP contribution is -2.28. The van der Waals surface area contributed by atoms with E-state index in [4.69, 9.17) is 0 Å². The van der Waals surface area contributed by atoms with E-state index >= 15 is 0 Å².